The van der Waals surface area contributed by atoms with Crippen molar-refractivity contribution in [2.45, 2.75) is 64.1 Å². The molecule has 1 aliphatic rings. The van der Waals surface area contributed by atoms with Crippen molar-refractivity contribution in [3.05, 3.63) is 0 Å². The van der Waals surface area contributed by atoms with Gasteiger partial charge >= 0.3 is 6.18 Å². The molecule has 1 rings (SSSR count). The van der Waals surface area contributed by atoms with Crippen molar-refractivity contribution in [2.75, 3.05) is 6.54 Å². The fraction of sp³-hybridized carbons (Fsp3) is 1.00. The molecule has 1 N–H and O–H groups in total. The molecule has 16 heavy (non-hydrogen) atoms. The van der Waals surface area contributed by atoms with Crippen molar-refractivity contribution in [3.63, 3.8) is 0 Å². The second-order valence-electron chi connectivity index (χ2n) is 4.81. The predicted octanol–water partition coefficient (Wildman–Crippen LogP) is 3.89. The smallest absolute Gasteiger partial charge is 0.314 e. The summed E-state index contributed by atoms with van der Waals surface area (Å²) in [5, 5.41) is 2.97. The van der Waals surface area contributed by atoms with Gasteiger partial charge in [0.05, 0.1) is 6.42 Å². The lowest BCUT2D eigenvalue weighted by molar-refractivity contribution is -0.141. The van der Waals surface area contributed by atoms with Crippen LogP contribution in [0.2, 0.25) is 0 Å². The largest absolute Gasteiger partial charge is 0.390 e. The van der Waals surface area contributed by atoms with E-state index in [2.05, 4.69) is 5.32 Å². The van der Waals surface area contributed by atoms with Crippen LogP contribution in [-0.2, 0) is 0 Å². The van der Waals surface area contributed by atoms with E-state index < -0.39 is 12.6 Å². The molecule has 0 aromatic heterocycles. The average Bonchev–Trinajstić information content (AvgIpc) is 2.17. The average molecular weight is 237 g/mol. The van der Waals surface area contributed by atoms with E-state index in [0.717, 1.165) is 12.8 Å². The molecule has 0 spiro atoms. The molecule has 1 nitrogen and oxygen atoms in total. The highest BCUT2D eigenvalue weighted by Crippen LogP contribution is 2.30. The molecular weight excluding hydrogens is 215 g/mol. The van der Waals surface area contributed by atoms with Gasteiger partial charge in [-0.25, -0.2) is 0 Å². The second kappa shape index (κ2) is 6.48. The summed E-state index contributed by atoms with van der Waals surface area (Å²) in [5.74, 6) is 0.500. The standard InChI is InChI=1S/C12H22F3N/c1-2-16-11(9-12(13,14)15)8-10-6-4-3-5-7-10/h10-11,16H,2-9H2,1H3. The molecule has 0 heterocycles. The normalized spacial score (nSPS) is 21.0. The molecule has 1 atom stereocenters. The van der Waals surface area contributed by atoms with Gasteiger partial charge in [0, 0.05) is 6.04 Å². The van der Waals surface area contributed by atoms with Crippen molar-refractivity contribution in [2.24, 2.45) is 5.92 Å². The lowest BCUT2D eigenvalue weighted by atomic mass is 9.84. The van der Waals surface area contributed by atoms with Gasteiger partial charge in [0.1, 0.15) is 0 Å². The van der Waals surface area contributed by atoms with E-state index >= 15 is 0 Å². The SMILES string of the molecule is CCNC(CC1CCCCC1)CC(F)(F)F. The van der Waals surface area contributed by atoms with Crippen LogP contribution in [-0.4, -0.2) is 18.8 Å². The van der Waals surface area contributed by atoms with Crippen LogP contribution in [0.25, 0.3) is 0 Å². The molecule has 0 aromatic carbocycles. The van der Waals surface area contributed by atoms with Crippen LogP contribution in [0, 0.1) is 5.92 Å². The minimum atomic E-state index is -4.04. The Labute approximate surface area is 95.8 Å². The van der Waals surface area contributed by atoms with Gasteiger partial charge in [-0.15, -0.1) is 0 Å². The van der Waals surface area contributed by atoms with E-state index in [4.69, 9.17) is 0 Å². The van der Waals surface area contributed by atoms with Crippen LogP contribution < -0.4 is 5.32 Å². The van der Waals surface area contributed by atoms with E-state index in [1.165, 1.54) is 19.3 Å². The molecule has 1 aliphatic carbocycles. The van der Waals surface area contributed by atoms with Gasteiger partial charge in [-0.1, -0.05) is 39.0 Å². The van der Waals surface area contributed by atoms with Crippen molar-refractivity contribution >= 4 is 0 Å². The van der Waals surface area contributed by atoms with Crippen LogP contribution in [0.5, 0.6) is 0 Å². The zero-order chi connectivity index (χ0) is 12.0. The maximum atomic E-state index is 12.3. The van der Waals surface area contributed by atoms with Crippen LogP contribution >= 0.6 is 0 Å². The minimum Gasteiger partial charge on any atom is -0.314 e. The highest BCUT2D eigenvalue weighted by Gasteiger charge is 2.32. The number of hydrogen-bond acceptors (Lipinski definition) is 1. The second-order valence-corrected chi connectivity index (χ2v) is 4.81. The molecule has 4 heteroatoms. The van der Waals surface area contributed by atoms with Crippen molar-refractivity contribution in [3.8, 4) is 0 Å². The predicted molar refractivity (Wildman–Crippen MR) is 59.3 cm³/mol. The Bertz CT molecular complexity index is 185. The van der Waals surface area contributed by atoms with Crippen molar-refractivity contribution in [1.82, 2.24) is 5.32 Å². The van der Waals surface area contributed by atoms with Crippen LogP contribution in [0.4, 0.5) is 13.2 Å². The molecule has 1 unspecified atom stereocenters. The van der Waals surface area contributed by atoms with E-state index in [-0.39, 0.29) is 6.04 Å². The number of hydrogen-bond donors (Lipinski definition) is 1. The third kappa shape index (κ3) is 5.73. The maximum absolute atomic E-state index is 12.3. The topological polar surface area (TPSA) is 12.0 Å². The van der Waals surface area contributed by atoms with E-state index in [9.17, 15) is 13.2 Å². The zero-order valence-electron chi connectivity index (χ0n) is 9.95. The summed E-state index contributed by atoms with van der Waals surface area (Å²) < 4.78 is 37.0. The molecule has 96 valence electrons. The van der Waals surface area contributed by atoms with Gasteiger partial charge in [-0.3, -0.25) is 0 Å². The third-order valence-electron chi connectivity index (χ3n) is 3.31. The minimum absolute atomic E-state index is 0.381. The Hall–Kier alpha value is -0.250. The molecule has 1 saturated carbocycles. The number of halogens is 3. The van der Waals surface area contributed by atoms with Crippen LogP contribution in [0.1, 0.15) is 51.9 Å². The zero-order valence-corrected chi connectivity index (χ0v) is 9.95. The first-order valence-corrected chi connectivity index (χ1v) is 6.31. The van der Waals surface area contributed by atoms with E-state index in [0.29, 0.717) is 18.9 Å². The Kier molecular flexibility index (Phi) is 5.59. The van der Waals surface area contributed by atoms with Crippen LogP contribution in [0.3, 0.4) is 0 Å². The van der Waals surface area contributed by atoms with Crippen LogP contribution in [0.15, 0.2) is 0 Å². The summed E-state index contributed by atoms with van der Waals surface area (Å²) in [4.78, 5) is 0. The van der Waals surface area contributed by atoms with Crippen molar-refractivity contribution in [1.29, 1.82) is 0 Å². The van der Waals surface area contributed by atoms with Crippen molar-refractivity contribution < 1.29 is 13.2 Å². The highest BCUT2D eigenvalue weighted by atomic mass is 19.4. The van der Waals surface area contributed by atoms with Gasteiger partial charge in [0.25, 0.3) is 0 Å². The number of alkyl halides is 3. The lowest BCUT2D eigenvalue weighted by Crippen LogP contribution is -2.35. The Morgan fingerprint density at radius 3 is 2.31 bits per heavy atom. The van der Waals surface area contributed by atoms with E-state index in [1.54, 1.807) is 0 Å². The number of nitrogens with one attached hydrogen (secondary N) is 1. The first kappa shape index (κ1) is 13.8. The summed E-state index contributed by atoms with van der Waals surface area (Å²) in [6.07, 6.45) is 1.82. The van der Waals surface area contributed by atoms with Gasteiger partial charge in [-0.05, 0) is 18.9 Å². The summed E-state index contributed by atoms with van der Waals surface area (Å²) >= 11 is 0. The molecule has 0 radical (unpaired) electrons. The Morgan fingerprint density at radius 2 is 1.81 bits per heavy atom. The molecule has 1 fully saturated rings. The maximum Gasteiger partial charge on any atom is 0.390 e. The lowest BCUT2D eigenvalue weighted by Gasteiger charge is -2.27. The molecular formula is C12H22F3N. The molecule has 0 aromatic rings. The highest BCUT2D eigenvalue weighted by molar-refractivity contribution is 4.76. The fourth-order valence-electron chi connectivity index (χ4n) is 2.63. The molecule has 0 bridgehead atoms. The first-order valence-electron chi connectivity index (χ1n) is 6.31. The Morgan fingerprint density at radius 1 is 1.19 bits per heavy atom. The summed E-state index contributed by atoms with van der Waals surface area (Å²) in [5.41, 5.74) is 0. The molecule has 0 amide bonds. The van der Waals surface area contributed by atoms with Gasteiger partial charge in [-0.2, -0.15) is 13.2 Å². The number of rotatable bonds is 5. The third-order valence-corrected chi connectivity index (χ3v) is 3.31. The molecule has 0 aliphatic heterocycles. The summed E-state index contributed by atoms with van der Waals surface area (Å²) in [6, 6.07) is -0.381. The van der Waals surface area contributed by atoms with E-state index in [1.807, 2.05) is 6.92 Å². The summed E-state index contributed by atoms with van der Waals surface area (Å²) in [7, 11) is 0. The first-order chi connectivity index (χ1) is 7.51. The monoisotopic (exact) mass is 237 g/mol. The van der Waals surface area contributed by atoms with Gasteiger partial charge in [0.15, 0.2) is 0 Å². The molecule has 0 saturated heterocycles. The Balaban J connectivity index is 2.36. The fourth-order valence-corrected chi connectivity index (χ4v) is 2.63. The summed E-state index contributed by atoms with van der Waals surface area (Å²) in [6.45, 7) is 2.48. The van der Waals surface area contributed by atoms with Gasteiger partial charge < -0.3 is 5.32 Å². The van der Waals surface area contributed by atoms with Gasteiger partial charge in [0.2, 0.25) is 0 Å². The quantitative estimate of drug-likeness (QED) is 0.765.